The molecule has 0 radical (unpaired) electrons. The Labute approximate surface area is 126 Å². The highest BCUT2D eigenvalue weighted by molar-refractivity contribution is 14.1. The van der Waals surface area contributed by atoms with Gasteiger partial charge in [0, 0.05) is 15.2 Å². The van der Waals surface area contributed by atoms with Crippen molar-refractivity contribution in [2.24, 2.45) is 5.41 Å². The Morgan fingerprint density at radius 1 is 1.47 bits per heavy atom. The lowest BCUT2D eigenvalue weighted by Gasteiger charge is -2.31. The monoisotopic (exact) mass is 375 g/mol. The summed E-state index contributed by atoms with van der Waals surface area (Å²) in [6.07, 6.45) is 0.341. The van der Waals surface area contributed by atoms with Crippen molar-refractivity contribution in [2.75, 3.05) is 0 Å². The van der Waals surface area contributed by atoms with Gasteiger partial charge < -0.3 is 10.4 Å². The molecule has 4 nitrogen and oxygen atoms in total. The Kier molecular flexibility index (Phi) is 5.34. The van der Waals surface area contributed by atoms with Gasteiger partial charge in [-0.25, -0.2) is 4.79 Å². The molecule has 5 heteroatoms. The van der Waals surface area contributed by atoms with E-state index in [0.717, 1.165) is 15.4 Å². The third-order valence-electron chi connectivity index (χ3n) is 2.97. The molecule has 0 bridgehead atoms. The molecule has 0 aromatic heterocycles. The summed E-state index contributed by atoms with van der Waals surface area (Å²) in [6.45, 7) is 5.97. The third kappa shape index (κ3) is 4.81. The molecule has 2 N–H and O–H groups in total. The minimum atomic E-state index is -1.03. The summed E-state index contributed by atoms with van der Waals surface area (Å²) in [5, 5.41) is 11.5. The number of carbonyl (C=O) groups excluding carboxylic acids is 1. The summed E-state index contributed by atoms with van der Waals surface area (Å²) in [6, 6.07) is 5.24. The van der Waals surface area contributed by atoms with E-state index in [4.69, 9.17) is 5.11 Å². The van der Waals surface area contributed by atoms with Crippen LogP contribution < -0.4 is 5.32 Å². The minimum absolute atomic E-state index is 0.196. The summed E-state index contributed by atoms with van der Waals surface area (Å²) in [5.74, 6) is 0. The maximum absolute atomic E-state index is 10.9. The van der Waals surface area contributed by atoms with E-state index in [0.29, 0.717) is 12.0 Å². The van der Waals surface area contributed by atoms with Crippen molar-refractivity contribution >= 4 is 35.0 Å². The van der Waals surface area contributed by atoms with Gasteiger partial charge in [0.05, 0.1) is 0 Å². The first-order chi connectivity index (χ1) is 8.74. The van der Waals surface area contributed by atoms with Gasteiger partial charge in [0.2, 0.25) is 0 Å². The van der Waals surface area contributed by atoms with Crippen molar-refractivity contribution in [1.29, 1.82) is 0 Å². The zero-order chi connectivity index (χ0) is 14.6. The van der Waals surface area contributed by atoms with Gasteiger partial charge in [-0.15, -0.1) is 0 Å². The Morgan fingerprint density at radius 3 is 2.58 bits per heavy atom. The Morgan fingerprint density at radius 2 is 2.11 bits per heavy atom. The molecule has 0 fully saturated rings. The number of amides is 1. The maximum atomic E-state index is 10.9. The lowest BCUT2D eigenvalue weighted by molar-refractivity contribution is 0.112. The fourth-order valence-electron chi connectivity index (χ4n) is 1.77. The molecule has 19 heavy (non-hydrogen) atoms. The van der Waals surface area contributed by atoms with Crippen LogP contribution in [0.5, 0.6) is 0 Å². The molecule has 0 aliphatic rings. The average molecular weight is 375 g/mol. The number of carboxylic acid groups (broad SMARTS) is 1. The lowest BCUT2D eigenvalue weighted by atomic mass is 9.83. The molecular weight excluding hydrogens is 357 g/mol. The van der Waals surface area contributed by atoms with Crippen LogP contribution in [0.2, 0.25) is 0 Å². The van der Waals surface area contributed by atoms with Crippen LogP contribution in [-0.2, 0) is 6.42 Å². The van der Waals surface area contributed by atoms with Crippen molar-refractivity contribution in [2.45, 2.75) is 33.2 Å². The standard InChI is InChI=1S/C14H18INO3/c1-14(2,3)12(16-13(18)19)7-10-6-9(8-17)4-5-11(10)15/h4-6,8,12,16H,7H2,1-3H3,(H,18,19). The minimum Gasteiger partial charge on any atom is -0.465 e. The summed E-state index contributed by atoms with van der Waals surface area (Å²) in [7, 11) is 0. The van der Waals surface area contributed by atoms with E-state index < -0.39 is 6.09 Å². The molecule has 1 amide bonds. The maximum Gasteiger partial charge on any atom is 0.404 e. The fraction of sp³-hybridized carbons (Fsp3) is 0.429. The highest BCUT2D eigenvalue weighted by atomic mass is 127. The molecule has 0 spiro atoms. The van der Waals surface area contributed by atoms with Gasteiger partial charge in [-0.05, 0) is 52.1 Å². The third-order valence-corrected chi connectivity index (χ3v) is 4.03. The van der Waals surface area contributed by atoms with Crippen LogP contribution in [0.25, 0.3) is 0 Å². The number of nitrogens with one attached hydrogen (secondary N) is 1. The number of aldehydes is 1. The van der Waals surface area contributed by atoms with E-state index in [9.17, 15) is 9.59 Å². The summed E-state index contributed by atoms with van der Waals surface area (Å²) in [4.78, 5) is 21.7. The highest BCUT2D eigenvalue weighted by Crippen LogP contribution is 2.25. The first kappa shape index (κ1) is 15.9. The molecule has 0 saturated heterocycles. The predicted molar refractivity (Wildman–Crippen MR) is 82.7 cm³/mol. The molecule has 0 aliphatic carbocycles. The molecule has 0 heterocycles. The molecule has 104 valence electrons. The summed E-state index contributed by atoms with van der Waals surface area (Å²) < 4.78 is 1.03. The first-order valence-corrected chi connectivity index (χ1v) is 7.05. The van der Waals surface area contributed by atoms with E-state index >= 15 is 0 Å². The van der Waals surface area contributed by atoms with E-state index in [-0.39, 0.29) is 11.5 Å². The highest BCUT2D eigenvalue weighted by Gasteiger charge is 2.27. The summed E-state index contributed by atoms with van der Waals surface area (Å²) in [5.41, 5.74) is 1.40. The van der Waals surface area contributed by atoms with Crippen molar-refractivity contribution < 1.29 is 14.7 Å². The molecule has 1 atom stereocenters. The van der Waals surface area contributed by atoms with Crippen LogP contribution in [0, 0.1) is 8.99 Å². The van der Waals surface area contributed by atoms with Crippen LogP contribution >= 0.6 is 22.6 Å². The molecule has 1 rings (SSSR count). The van der Waals surface area contributed by atoms with Crippen LogP contribution in [0.1, 0.15) is 36.7 Å². The first-order valence-electron chi connectivity index (χ1n) is 5.97. The average Bonchev–Trinajstić information content (AvgIpc) is 2.29. The largest absolute Gasteiger partial charge is 0.465 e. The van der Waals surface area contributed by atoms with Gasteiger partial charge in [-0.3, -0.25) is 4.79 Å². The zero-order valence-corrected chi connectivity index (χ0v) is 13.4. The van der Waals surface area contributed by atoms with Gasteiger partial charge in [-0.1, -0.05) is 26.8 Å². The Hall–Kier alpha value is -1.11. The molecule has 1 aromatic carbocycles. The second kappa shape index (κ2) is 6.36. The van der Waals surface area contributed by atoms with Crippen molar-refractivity contribution in [3.63, 3.8) is 0 Å². The number of rotatable bonds is 4. The van der Waals surface area contributed by atoms with Crippen LogP contribution in [0.4, 0.5) is 4.79 Å². The number of carbonyl (C=O) groups is 2. The topological polar surface area (TPSA) is 66.4 Å². The molecule has 1 unspecified atom stereocenters. The predicted octanol–water partition coefficient (Wildman–Crippen LogP) is 3.33. The number of benzene rings is 1. The number of hydrogen-bond acceptors (Lipinski definition) is 2. The second-order valence-electron chi connectivity index (χ2n) is 5.54. The van der Waals surface area contributed by atoms with Gasteiger partial charge in [-0.2, -0.15) is 0 Å². The van der Waals surface area contributed by atoms with Crippen LogP contribution in [0.15, 0.2) is 18.2 Å². The molecular formula is C14H18INO3. The van der Waals surface area contributed by atoms with Crippen molar-refractivity contribution in [3.8, 4) is 0 Å². The second-order valence-corrected chi connectivity index (χ2v) is 6.70. The normalized spacial score (nSPS) is 12.8. The number of halogens is 1. The van der Waals surface area contributed by atoms with E-state index in [1.54, 1.807) is 6.07 Å². The SMILES string of the molecule is CC(C)(C)C(Cc1cc(C=O)ccc1I)NC(=O)O. The van der Waals surface area contributed by atoms with Gasteiger partial charge >= 0.3 is 6.09 Å². The number of hydrogen-bond donors (Lipinski definition) is 2. The van der Waals surface area contributed by atoms with Gasteiger partial charge in [0.15, 0.2) is 0 Å². The van der Waals surface area contributed by atoms with Crippen molar-refractivity contribution in [1.82, 2.24) is 5.32 Å². The van der Waals surface area contributed by atoms with Crippen molar-refractivity contribution in [3.05, 3.63) is 32.9 Å². The Bertz CT molecular complexity index is 480. The lowest BCUT2D eigenvalue weighted by Crippen LogP contribution is -2.44. The van der Waals surface area contributed by atoms with Gasteiger partial charge in [0.1, 0.15) is 6.29 Å². The van der Waals surface area contributed by atoms with E-state index in [1.807, 2.05) is 32.9 Å². The Balaban J connectivity index is 3.02. The summed E-state index contributed by atoms with van der Waals surface area (Å²) >= 11 is 2.20. The van der Waals surface area contributed by atoms with E-state index in [1.165, 1.54) is 0 Å². The molecule has 0 aliphatic heterocycles. The van der Waals surface area contributed by atoms with Crippen LogP contribution in [-0.4, -0.2) is 23.5 Å². The molecule has 1 aromatic rings. The molecule has 0 saturated carbocycles. The fourth-order valence-corrected chi connectivity index (χ4v) is 2.32. The quantitative estimate of drug-likeness (QED) is 0.627. The van der Waals surface area contributed by atoms with E-state index in [2.05, 4.69) is 27.9 Å². The van der Waals surface area contributed by atoms with Gasteiger partial charge in [0.25, 0.3) is 0 Å². The van der Waals surface area contributed by atoms with Crippen LogP contribution in [0.3, 0.4) is 0 Å². The zero-order valence-electron chi connectivity index (χ0n) is 11.2. The smallest absolute Gasteiger partial charge is 0.404 e.